The van der Waals surface area contributed by atoms with Crippen LogP contribution >= 0.6 is 0 Å². The Kier molecular flexibility index (Phi) is 2.91. The Morgan fingerprint density at radius 1 is 1.20 bits per heavy atom. The standard InChI is InChI=1S/C12H19NO2/c1-2-8-13-9-5-11(15)12(13)6-3-10(14)4-7-12/h2-9H2,1H3. The third-order valence-electron chi connectivity index (χ3n) is 3.86. The van der Waals surface area contributed by atoms with Crippen LogP contribution in [-0.2, 0) is 9.59 Å². The van der Waals surface area contributed by atoms with Gasteiger partial charge in [0.1, 0.15) is 5.78 Å². The molecule has 0 unspecified atom stereocenters. The minimum atomic E-state index is -0.246. The lowest BCUT2D eigenvalue weighted by atomic mass is 9.78. The third-order valence-corrected chi connectivity index (χ3v) is 3.86. The molecule has 2 aliphatic rings. The number of ketones is 2. The van der Waals surface area contributed by atoms with Gasteiger partial charge in [0.2, 0.25) is 0 Å². The summed E-state index contributed by atoms with van der Waals surface area (Å²) >= 11 is 0. The van der Waals surface area contributed by atoms with E-state index in [9.17, 15) is 9.59 Å². The Morgan fingerprint density at radius 3 is 2.47 bits per heavy atom. The minimum absolute atomic E-state index is 0.246. The number of Topliss-reactive ketones (excluding diaryl/α,β-unsaturated/α-hetero) is 2. The molecule has 0 aromatic rings. The lowest BCUT2D eigenvalue weighted by molar-refractivity contribution is -0.130. The number of hydrogen-bond acceptors (Lipinski definition) is 3. The van der Waals surface area contributed by atoms with Gasteiger partial charge < -0.3 is 0 Å². The van der Waals surface area contributed by atoms with Crippen molar-refractivity contribution in [1.82, 2.24) is 4.90 Å². The monoisotopic (exact) mass is 209 g/mol. The maximum Gasteiger partial charge on any atom is 0.154 e. The number of hydrogen-bond donors (Lipinski definition) is 0. The van der Waals surface area contributed by atoms with E-state index in [-0.39, 0.29) is 5.54 Å². The van der Waals surface area contributed by atoms with Crippen molar-refractivity contribution in [2.24, 2.45) is 0 Å². The smallest absolute Gasteiger partial charge is 0.154 e. The zero-order chi connectivity index (χ0) is 10.9. The first-order chi connectivity index (χ1) is 7.19. The molecule has 2 rings (SSSR count). The molecule has 3 nitrogen and oxygen atoms in total. The summed E-state index contributed by atoms with van der Waals surface area (Å²) in [5.74, 6) is 0.709. The van der Waals surface area contributed by atoms with Gasteiger partial charge >= 0.3 is 0 Å². The molecule has 0 atom stereocenters. The van der Waals surface area contributed by atoms with E-state index in [1.807, 2.05) is 0 Å². The van der Waals surface area contributed by atoms with Crippen LogP contribution < -0.4 is 0 Å². The summed E-state index contributed by atoms with van der Waals surface area (Å²) in [7, 11) is 0. The van der Waals surface area contributed by atoms with Crippen LogP contribution in [0.15, 0.2) is 0 Å². The number of likely N-dealkylation sites (tertiary alicyclic amines) is 1. The Labute approximate surface area is 90.8 Å². The fourth-order valence-corrected chi connectivity index (χ4v) is 2.99. The number of carbonyl (C=O) groups excluding carboxylic acids is 2. The molecule has 84 valence electrons. The average Bonchev–Trinajstić information content (AvgIpc) is 2.52. The van der Waals surface area contributed by atoms with Gasteiger partial charge in [-0.05, 0) is 25.8 Å². The summed E-state index contributed by atoms with van der Waals surface area (Å²) in [6, 6.07) is 0. The highest BCUT2D eigenvalue weighted by atomic mass is 16.1. The Balaban J connectivity index is 2.15. The van der Waals surface area contributed by atoms with Crippen molar-refractivity contribution in [3.8, 4) is 0 Å². The van der Waals surface area contributed by atoms with Crippen LogP contribution in [0.3, 0.4) is 0 Å². The minimum Gasteiger partial charge on any atom is -0.300 e. The largest absolute Gasteiger partial charge is 0.300 e. The van der Waals surface area contributed by atoms with E-state index in [0.717, 1.165) is 32.4 Å². The fraction of sp³-hybridized carbons (Fsp3) is 0.833. The van der Waals surface area contributed by atoms with Crippen LogP contribution in [0.4, 0.5) is 0 Å². The third kappa shape index (κ3) is 1.73. The second kappa shape index (κ2) is 4.05. The Bertz CT molecular complexity index is 275. The summed E-state index contributed by atoms with van der Waals surface area (Å²) in [6.07, 6.45) is 4.52. The molecular weight excluding hydrogens is 190 g/mol. The van der Waals surface area contributed by atoms with E-state index < -0.39 is 0 Å². The molecule has 3 heteroatoms. The molecule has 0 amide bonds. The number of nitrogens with zero attached hydrogens (tertiary/aromatic N) is 1. The molecule has 0 aromatic heterocycles. The van der Waals surface area contributed by atoms with Gasteiger partial charge in [-0.3, -0.25) is 14.5 Å². The molecule has 15 heavy (non-hydrogen) atoms. The first kappa shape index (κ1) is 10.8. The molecule has 1 saturated carbocycles. The molecule has 2 fully saturated rings. The number of rotatable bonds is 2. The molecule has 0 aromatic carbocycles. The van der Waals surface area contributed by atoms with E-state index in [1.54, 1.807) is 0 Å². The van der Waals surface area contributed by atoms with Crippen molar-refractivity contribution < 1.29 is 9.59 Å². The van der Waals surface area contributed by atoms with Crippen LogP contribution in [0.1, 0.15) is 45.4 Å². The maximum atomic E-state index is 12.0. The van der Waals surface area contributed by atoms with Gasteiger partial charge in [-0.1, -0.05) is 6.92 Å². The zero-order valence-electron chi connectivity index (χ0n) is 9.42. The van der Waals surface area contributed by atoms with Crippen molar-refractivity contribution in [2.45, 2.75) is 51.0 Å². The highest BCUT2D eigenvalue weighted by molar-refractivity contribution is 5.93. The Hall–Kier alpha value is -0.700. The van der Waals surface area contributed by atoms with Gasteiger partial charge in [0, 0.05) is 25.8 Å². The van der Waals surface area contributed by atoms with Crippen molar-refractivity contribution in [1.29, 1.82) is 0 Å². The van der Waals surface area contributed by atoms with Gasteiger partial charge in [0.25, 0.3) is 0 Å². The lowest BCUT2D eigenvalue weighted by Crippen LogP contribution is -2.51. The molecule has 1 aliphatic heterocycles. The molecule has 1 aliphatic carbocycles. The van der Waals surface area contributed by atoms with Gasteiger partial charge in [0.15, 0.2) is 5.78 Å². The summed E-state index contributed by atoms with van der Waals surface area (Å²) in [5, 5.41) is 0. The van der Waals surface area contributed by atoms with Crippen LogP contribution in [0.2, 0.25) is 0 Å². The normalized spacial score (nSPS) is 26.5. The second-order valence-corrected chi connectivity index (χ2v) is 4.73. The van der Waals surface area contributed by atoms with Crippen LogP contribution in [0.25, 0.3) is 0 Å². The van der Waals surface area contributed by atoms with Crippen LogP contribution in [-0.4, -0.2) is 35.1 Å². The predicted octanol–water partition coefficient (Wildman–Crippen LogP) is 1.55. The van der Waals surface area contributed by atoms with Crippen molar-refractivity contribution in [2.75, 3.05) is 13.1 Å². The highest BCUT2D eigenvalue weighted by Gasteiger charge is 2.48. The van der Waals surface area contributed by atoms with Crippen molar-refractivity contribution in [3.63, 3.8) is 0 Å². The van der Waals surface area contributed by atoms with Gasteiger partial charge in [-0.2, -0.15) is 0 Å². The van der Waals surface area contributed by atoms with Crippen molar-refractivity contribution >= 4 is 11.6 Å². The molecule has 1 spiro atoms. The first-order valence-corrected chi connectivity index (χ1v) is 5.99. The second-order valence-electron chi connectivity index (χ2n) is 4.73. The fourth-order valence-electron chi connectivity index (χ4n) is 2.99. The molecule has 1 heterocycles. The van der Waals surface area contributed by atoms with Crippen LogP contribution in [0, 0.1) is 0 Å². The molecular formula is C12H19NO2. The lowest BCUT2D eigenvalue weighted by Gasteiger charge is -2.39. The Morgan fingerprint density at radius 2 is 1.87 bits per heavy atom. The van der Waals surface area contributed by atoms with E-state index in [1.165, 1.54) is 0 Å². The SMILES string of the molecule is CCCN1CCC(=O)C12CCC(=O)CC2. The molecule has 1 saturated heterocycles. The highest BCUT2D eigenvalue weighted by Crippen LogP contribution is 2.38. The average molecular weight is 209 g/mol. The summed E-state index contributed by atoms with van der Waals surface area (Å²) in [4.78, 5) is 25.6. The quantitative estimate of drug-likeness (QED) is 0.692. The molecule has 0 bridgehead atoms. The van der Waals surface area contributed by atoms with Crippen LogP contribution in [0.5, 0.6) is 0 Å². The first-order valence-electron chi connectivity index (χ1n) is 5.99. The van der Waals surface area contributed by atoms with Gasteiger partial charge in [-0.15, -0.1) is 0 Å². The van der Waals surface area contributed by atoms with E-state index in [0.29, 0.717) is 30.8 Å². The summed E-state index contributed by atoms with van der Waals surface area (Å²) in [5.41, 5.74) is -0.246. The molecule has 0 radical (unpaired) electrons. The zero-order valence-corrected chi connectivity index (χ0v) is 9.42. The summed E-state index contributed by atoms with van der Waals surface area (Å²) in [6.45, 7) is 4.05. The van der Waals surface area contributed by atoms with Gasteiger partial charge in [-0.25, -0.2) is 0 Å². The van der Waals surface area contributed by atoms with Crippen molar-refractivity contribution in [3.05, 3.63) is 0 Å². The van der Waals surface area contributed by atoms with E-state index in [4.69, 9.17) is 0 Å². The van der Waals surface area contributed by atoms with E-state index >= 15 is 0 Å². The topological polar surface area (TPSA) is 37.4 Å². The summed E-state index contributed by atoms with van der Waals surface area (Å²) < 4.78 is 0. The maximum absolute atomic E-state index is 12.0. The molecule has 0 N–H and O–H groups in total. The predicted molar refractivity (Wildman–Crippen MR) is 57.7 cm³/mol. The number of carbonyl (C=O) groups is 2. The van der Waals surface area contributed by atoms with E-state index in [2.05, 4.69) is 11.8 Å². The van der Waals surface area contributed by atoms with Gasteiger partial charge in [0.05, 0.1) is 5.54 Å².